The first kappa shape index (κ1) is 10.6. The van der Waals surface area contributed by atoms with Gasteiger partial charge in [-0.25, -0.2) is 0 Å². The van der Waals surface area contributed by atoms with E-state index in [1.165, 1.54) is 47.6 Å². The highest BCUT2D eigenvalue weighted by Crippen LogP contribution is 2.32. The van der Waals surface area contributed by atoms with Gasteiger partial charge in [0, 0.05) is 0 Å². The van der Waals surface area contributed by atoms with Crippen LogP contribution in [0, 0.1) is 6.92 Å². The molecule has 0 heterocycles. The van der Waals surface area contributed by atoms with Crippen molar-refractivity contribution in [2.45, 2.75) is 32.6 Å². The Balaban J connectivity index is 2.23. The number of aryl methyl sites for hydroxylation is 1. The Labute approximate surface area is 103 Å². The second-order valence-electron chi connectivity index (χ2n) is 4.95. The summed E-state index contributed by atoms with van der Waals surface area (Å²) >= 11 is 0. The molecule has 0 saturated carbocycles. The van der Waals surface area contributed by atoms with Crippen LogP contribution in [0.4, 0.5) is 0 Å². The van der Waals surface area contributed by atoms with E-state index in [2.05, 4.69) is 49.4 Å². The molecule has 0 saturated heterocycles. The SMILES string of the molecule is Cc1ccc(C2=CCCCC2)c2ccccc12. The normalized spacial score (nSPS) is 15.9. The Hall–Kier alpha value is -1.56. The van der Waals surface area contributed by atoms with Crippen LogP contribution in [0.1, 0.15) is 36.8 Å². The summed E-state index contributed by atoms with van der Waals surface area (Å²) in [7, 11) is 0. The number of benzene rings is 2. The lowest BCUT2D eigenvalue weighted by Crippen LogP contribution is -1.93. The third-order valence-electron chi connectivity index (χ3n) is 3.78. The van der Waals surface area contributed by atoms with Gasteiger partial charge in [-0.3, -0.25) is 0 Å². The third kappa shape index (κ3) is 1.88. The molecular formula is C17H18. The highest BCUT2D eigenvalue weighted by molar-refractivity contribution is 5.95. The molecule has 0 spiro atoms. The van der Waals surface area contributed by atoms with Crippen molar-refractivity contribution in [2.24, 2.45) is 0 Å². The summed E-state index contributed by atoms with van der Waals surface area (Å²) in [6.07, 6.45) is 7.62. The molecule has 0 aromatic heterocycles. The van der Waals surface area contributed by atoms with Gasteiger partial charge in [0.15, 0.2) is 0 Å². The molecule has 0 bridgehead atoms. The first-order chi connectivity index (χ1) is 8.36. The molecule has 0 N–H and O–H groups in total. The smallest absolute Gasteiger partial charge is 0.0106 e. The van der Waals surface area contributed by atoms with Gasteiger partial charge in [0.2, 0.25) is 0 Å². The average Bonchev–Trinajstić information content (AvgIpc) is 2.41. The minimum atomic E-state index is 1.24. The van der Waals surface area contributed by atoms with Crippen LogP contribution in [0.15, 0.2) is 42.5 Å². The number of allylic oxidation sites excluding steroid dienone is 2. The van der Waals surface area contributed by atoms with E-state index in [9.17, 15) is 0 Å². The molecule has 3 rings (SSSR count). The molecule has 1 aliphatic carbocycles. The van der Waals surface area contributed by atoms with Crippen LogP contribution in [0.3, 0.4) is 0 Å². The van der Waals surface area contributed by atoms with Crippen LogP contribution in [0.2, 0.25) is 0 Å². The van der Waals surface area contributed by atoms with Crippen molar-refractivity contribution in [2.75, 3.05) is 0 Å². The molecule has 1 aliphatic rings. The summed E-state index contributed by atoms with van der Waals surface area (Å²) in [6.45, 7) is 2.20. The minimum absolute atomic E-state index is 1.24. The average molecular weight is 222 g/mol. The quantitative estimate of drug-likeness (QED) is 0.629. The third-order valence-corrected chi connectivity index (χ3v) is 3.78. The van der Waals surface area contributed by atoms with Crippen molar-refractivity contribution in [1.29, 1.82) is 0 Å². The molecule has 0 nitrogen and oxygen atoms in total. The number of hydrogen-bond donors (Lipinski definition) is 0. The summed E-state index contributed by atoms with van der Waals surface area (Å²) in [5.74, 6) is 0. The zero-order chi connectivity index (χ0) is 11.7. The molecule has 17 heavy (non-hydrogen) atoms. The molecule has 2 aromatic carbocycles. The highest BCUT2D eigenvalue weighted by atomic mass is 14.1. The molecule has 0 heteroatoms. The molecule has 0 fully saturated rings. The van der Waals surface area contributed by atoms with Crippen molar-refractivity contribution in [3.63, 3.8) is 0 Å². The van der Waals surface area contributed by atoms with Gasteiger partial charge in [-0.1, -0.05) is 42.5 Å². The van der Waals surface area contributed by atoms with Crippen LogP contribution in [0.5, 0.6) is 0 Å². The molecule has 0 atom stereocenters. The Morgan fingerprint density at radius 1 is 0.882 bits per heavy atom. The minimum Gasteiger partial charge on any atom is -0.0807 e. The van der Waals surface area contributed by atoms with Crippen LogP contribution in [0.25, 0.3) is 16.3 Å². The second kappa shape index (κ2) is 4.37. The van der Waals surface area contributed by atoms with Crippen LogP contribution in [-0.2, 0) is 0 Å². The number of rotatable bonds is 1. The van der Waals surface area contributed by atoms with E-state index in [-0.39, 0.29) is 0 Å². The van der Waals surface area contributed by atoms with Crippen molar-refractivity contribution in [3.05, 3.63) is 53.6 Å². The summed E-state index contributed by atoms with van der Waals surface area (Å²) in [4.78, 5) is 0. The van der Waals surface area contributed by atoms with Gasteiger partial charge >= 0.3 is 0 Å². The highest BCUT2D eigenvalue weighted by Gasteiger charge is 2.10. The monoisotopic (exact) mass is 222 g/mol. The Kier molecular flexibility index (Phi) is 2.72. The molecule has 2 aromatic rings. The second-order valence-corrected chi connectivity index (χ2v) is 4.95. The van der Waals surface area contributed by atoms with Crippen LogP contribution >= 0.6 is 0 Å². The summed E-state index contributed by atoms with van der Waals surface area (Å²) in [5, 5.41) is 2.82. The van der Waals surface area contributed by atoms with E-state index in [0.717, 1.165) is 0 Å². The topological polar surface area (TPSA) is 0 Å². The van der Waals surface area contributed by atoms with E-state index >= 15 is 0 Å². The predicted molar refractivity (Wildman–Crippen MR) is 75.1 cm³/mol. The zero-order valence-electron chi connectivity index (χ0n) is 10.4. The Morgan fingerprint density at radius 3 is 2.47 bits per heavy atom. The summed E-state index contributed by atoms with van der Waals surface area (Å²) in [5.41, 5.74) is 4.37. The molecule has 86 valence electrons. The van der Waals surface area contributed by atoms with Gasteiger partial charge in [-0.05, 0) is 60.1 Å². The molecule has 0 radical (unpaired) electrons. The maximum atomic E-state index is 2.43. The van der Waals surface area contributed by atoms with E-state index in [1.54, 1.807) is 5.57 Å². The van der Waals surface area contributed by atoms with Crippen molar-refractivity contribution >= 4 is 16.3 Å². The molecule has 0 amide bonds. The maximum absolute atomic E-state index is 2.43. The largest absolute Gasteiger partial charge is 0.0807 e. The summed E-state index contributed by atoms with van der Waals surface area (Å²) < 4.78 is 0. The van der Waals surface area contributed by atoms with Crippen LogP contribution < -0.4 is 0 Å². The molecular weight excluding hydrogens is 204 g/mol. The van der Waals surface area contributed by atoms with Crippen molar-refractivity contribution in [1.82, 2.24) is 0 Å². The van der Waals surface area contributed by atoms with Crippen molar-refractivity contribution < 1.29 is 0 Å². The summed E-state index contributed by atoms with van der Waals surface area (Å²) in [6, 6.07) is 13.3. The fourth-order valence-corrected chi connectivity index (χ4v) is 2.81. The lowest BCUT2D eigenvalue weighted by molar-refractivity contribution is 0.742. The van der Waals surface area contributed by atoms with Gasteiger partial charge in [-0.15, -0.1) is 0 Å². The standard InChI is InChI=1S/C17H18/c1-13-11-12-16(14-7-3-2-4-8-14)17-10-6-5-9-15(13)17/h5-7,9-12H,2-4,8H2,1H3. The lowest BCUT2D eigenvalue weighted by Gasteiger charge is -2.16. The van der Waals surface area contributed by atoms with E-state index in [4.69, 9.17) is 0 Å². The first-order valence-corrected chi connectivity index (χ1v) is 6.54. The van der Waals surface area contributed by atoms with Gasteiger partial charge in [0.1, 0.15) is 0 Å². The van der Waals surface area contributed by atoms with Gasteiger partial charge in [0.05, 0.1) is 0 Å². The Bertz CT molecular complexity index is 576. The fraction of sp³-hybridized carbons (Fsp3) is 0.294. The first-order valence-electron chi connectivity index (χ1n) is 6.54. The fourth-order valence-electron chi connectivity index (χ4n) is 2.81. The van der Waals surface area contributed by atoms with E-state index in [0.29, 0.717) is 0 Å². The lowest BCUT2D eigenvalue weighted by atomic mass is 9.89. The zero-order valence-corrected chi connectivity index (χ0v) is 10.4. The van der Waals surface area contributed by atoms with Gasteiger partial charge in [-0.2, -0.15) is 0 Å². The number of hydrogen-bond acceptors (Lipinski definition) is 0. The predicted octanol–water partition coefficient (Wildman–Crippen LogP) is 5.11. The van der Waals surface area contributed by atoms with Crippen LogP contribution in [-0.4, -0.2) is 0 Å². The maximum Gasteiger partial charge on any atom is -0.0106 e. The molecule has 0 aliphatic heterocycles. The van der Waals surface area contributed by atoms with Gasteiger partial charge < -0.3 is 0 Å². The van der Waals surface area contributed by atoms with Gasteiger partial charge in [0.25, 0.3) is 0 Å². The van der Waals surface area contributed by atoms with E-state index < -0.39 is 0 Å². The van der Waals surface area contributed by atoms with E-state index in [1.807, 2.05) is 0 Å². The number of fused-ring (bicyclic) bond motifs is 1. The van der Waals surface area contributed by atoms with Crippen molar-refractivity contribution in [3.8, 4) is 0 Å². The Morgan fingerprint density at radius 2 is 1.71 bits per heavy atom. The molecule has 0 unspecified atom stereocenters.